The zero-order chi connectivity index (χ0) is 10.7. The van der Waals surface area contributed by atoms with Crippen LogP contribution in [-0.2, 0) is 0 Å². The standard InChI is InChI=1S/C12H17ClN2/c1-9-8-10(13)2-3-12(9)15-11-4-6-14-7-5-11/h2-3,8,11,14-15H,4-7H2,1H3. The number of hydrogen-bond donors (Lipinski definition) is 2. The van der Waals surface area contributed by atoms with Crippen LogP contribution in [0.25, 0.3) is 0 Å². The van der Waals surface area contributed by atoms with Gasteiger partial charge in [0.2, 0.25) is 0 Å². The van der Waals surface area contributed by atoms with E-state index in [1.54, 1.807) is 0 Å². The largest absolute Gasteiger partial charge is 0.382 e. The van der Waals surface area contributed by atoms with Gasteiger partial charge < -0.3 is 10.6 Å². The number of hydrogen-bond acceptors (Lipinski definition) is 2. The third-order valence-corrected chi connectivity index (χ3v) is 3.12. The molecule has 15 heavy (non-hydrogen) atoms. The fourth-order valence-corrected chi connectivity index (χ4v) is 2.20. The zero-order valence-electron chi connectivity index (χ0n) is 9.02. The van der Waals surface area contributed by atoms with E-state index in [1.165, 1.54) is 24.1 Å². The summed E-state index contributed by atoms with van der Waals surface area (Å²) in [6.45, 7) is 4.32. The Labute approximate surface area is 96.0 Å². The SMILES string of the molecule is Cc1cc(Cl)ccc1NC1CCNCC1. The molecule has 0 atom stereocenters. The van der Waals surface area contributed by atoms with Crippen LogP contribution in [0.2, 0.25) is 5.02 Å². The summed E-state index contributed by atoms with van der Waals surface area (Å²) in [5, 5.41) is 7.75. The molecule has 2 nitrogen and oxygen atoms in total. The highest BCUT2D eigenvalue weighted by Gasteiger charge is 2.13. The molecular formula is C12H17ClN2. The first-order valence-electron chi connectivity index (χ1n) is 5.49. The van der Waals surface area contributed by atoms with E-state index in [0.717, 1.165) is 18.1 Å². The Morgan fingerprint density at radius 2 is 2.07 bits per heavy atom. The molecule has 0 amide bonds. The Morgan fingerprint density at radius 1 is 1.33 bits per heavy atom. The molecule has 0 aliphatic carbocycles. The van der Waals surface area contributed by atoms with E-state index in [1.807, 2.05) is 12.1 Å². The van der Waals surface area contributed by atoms with Gasteiger partial charge in [0.15, 0.2) is 0 Å². The summed E-state index contributed by atoms with van der Waals surface area (Å²) in [6, 6.07) is 6.62. The van der Waals surface area contributed by atoms with Gasteiger partial charge in [0, 0.05) is 16.8 Å². The van der Waals surface area contributed by atoms with Gasteiger partial charge in [0.1, 0.15) is 0 Å². The van der Waals surface area contributed by atoms with Crippen molar-refractivity contribution in [3.63, 3.8) is 0 Å². The molecule has 82 valence electrons. The summed E-state index contributed by atoms with van der Waals surface area (Å²) in [6.07, 6.45) is 2.39. The van der Waals surface area contributed by atoms with Crippen LogP contribution in [0.4, 0.5) is 5.69 Å². The summed E-state index contributed by atoms with van der Waals surface area (Å²) in [5.41, 5.74) is 2.44. The summed E-state index contributed by atoms with van der Waals surface area (Å²) < 4.78 is 0. The van der Waals surface area contributed by atoms with E-state index >= 15 is 0 Å². The minimum Gasteiger partial charge on any atom is -0.382 e. The van der Waals surface area contributed by atoms with Crippen LogP contribution in [0.5, 0.6) is 0 Å². The maximum Gasteiger partial charge on any atom is 0.0410 e. The van der Waals surface area contributed by atoms with Crippen molar-refractivity contribution in [3.05, 3.63) is 28.8 Å². The third-order valence-electron chi connectivity index (χ3n) is 2.89. The van der Waals surface area contributed by atoms with Crippen molar-refractivity contribution in [3.8, 4) is 0 Å². The highest BCUT2D eigenvalue weighted by Crippen LogP contribution is 2.21. The average Bonchev–Trinajstić information content (AvgIpc) is 2.24. The van der Waals surface area contributed by atoms with Crippen molar-refractivity contribution in [2.45, 2.75) is 25.8 Å². The van der Waals surface area contributed by atoms with Crippen LogP contribution in [0.1, 0.15) is 18.4 Å². The van der Waals surface area contributed by atoms with Crippen molar-refractivity contribution in [1.29, 1.82) is 0 Å². The molecule has 0 spiro atoms. The molecule has 1 aliphatic heterocycles. The monoisotopic (exact) mass is 224 g/mol. The summed E-state index contributed by atoms with van der Waals surface area (Å²) in [7, 11) is 0. The molecule has 2 rings (SSSR count). The summed E-state index contributed by atoms with van der Waals surface area (Å²) >= 11 is 5.92. The smallest absolute Gasteiger partial charge is 0.0410 e. The van der Waals surface area contributed by atoms with Crippen LogP contribution < -0.4 is 10.6 Å². The fourth-order valence-electron chi connectivity index (χ4n) is 1.98. The molecule has 0 saturated carbocycles. The van der Waals surface area contributed by atoms with Gasteiger partial charge in [-0.1, -0.05) is 11.6 Å². The molecule has 1 aromatic rings. The number of aryl methyl sites for hydroxylation is 1. The van der Waals surface area contributed by atoms with Gasteiger partial charge in [0.05, 0.1) is 0 Å². The molecule has 1 aromatic carbocycles. The van der Waals surface area contributed by atoms with Crippen molar-refractivity contribution in [2.24, 2.45) is 0 Å². The normalized spacial score (nSPS) is 17.7. The lowest BCUT2D eigenvalue weighted by atomic mass is 10.1. The highest BCUT2D eigenvalue weighted by molar-refractivity contribution is 6.30. The minimum atomic E-state index is 0.603. The third kappa shape index (κ3) is 2.86. The van der Waals surface area contributed by atoms with Crippen LogP contribution in [0, 0.1) is 6.92 Å². The maximum absolute atomic E-state index is 5.92. The topological polar surface area (TPSA) is 24.1 Å². The molecule has 2 N–H and O–H groups in total. The van der Waals surface area contributed by atoms with Gasteiger partial charge in [0.25, 0.3) is 0 Å². The number of halogens is 1. The highest BCUT2D eigenvalue weighted by atomic mass is 35.5. The van der Waals surface area contributed by atoms with E-state index in [0.29, 0.717) is 6.04 Å². The Bertz CT molecular complexity index is 332. The van der Waals surface area contributed by atoms with Gasteiger partial charge in [-0.25, -0.2) is 0 Å². The average molecular weight is 225 g/mol. The van der Waals surface area contributed by atoms with Crippen molar-refractivity contribution < 1.29 is 0 Å². The number of rotatable bonds is 2. The second-order valence-electron chi connectivity index (χ2n) is 4.13. The van der Waals surface area contributed by atoms with Gasteiger partial charge in [-0.3, -0.25) is 0 Å². The van der Waals surface area contributed by atoms with E-state index in [4.69, 9.17) is 11.6 Å². The van der Waals surface area contributed by atoms with Gasteiger partial charge in [-0.2, -0.15) is 0 Å². The van der Waals surface area contributed by atoms with Crippen LogP contribution in [0.3, 0.4) is 0 Å². The van der Waals surface area contributed by atoms with E-state index in [9.17, 15) is 0 Å². The van der Waals surface area contributed by atoms with Gasteiger partial charge >= 0.3 is 0 Å². The lowest BCUT2D eigenvalue weighted by molar-refractivity contribution is 0.479. The zero-order valence-corrected chi connectivity index (χ0v) is 9.77. The van der Waals surface area contributed by atoms with Gasteiger partial charge in [-0.15, -0.1) is 0 Å². The Balaban J connectivity index is 2.03. The molecule has 0 radical (unpaired) electrons. The second kappa shape index (κ2) is 4.86. The maximum atomic E-state index is 5.92. The predicted octanol–water partition coefficient (Wildman–Crippen LogP) is 2.81. The van der Waals surface area contributed by atoms with Crippen LogP contribution >= 0.6 is 11.6 Å². The number of benzene rings is 1. The number of piperidine rings is 1. The second-order valence-corrected chi connectivity index (χ2v) is 4.56. The lowest BCUT2D eigenvalue weighted by Crippen LogP contribution is -2.35. The Hall–Kier alpha value is -0.730. The molecule has 0 bridgehead atoms. The molecule has 0 aromatic heterocycles. The number of anilines is 1. The molecule has 0 unspecified atom stereocenters. The molecule has 1 fully saturated rings. The summed E-state index contributed by atoms with van der Waals surface area (Å²) in [4.78, 5) is 0. The van der Waals surface area contributed by atoms with Gasteiger partial charge in [-0.05, 0) is 56.6 Å². The lowest BCUT2D eigenvalue weighted by Gasteiger charge is -2.25. The Morgan fingerprint density at radius 3 is 2.73 bits per heavy atom. The fraction of sp³-hybridized carbons (Fsp3) is 0.500. The van der Waals surface area contributed by atoms with Crippen LogP contribution in [-0.4, -0.2) is 19.1 Å². The molecular weight excluding hydrogens is 208 g/mol. The van der Waals surface area contributed by atoms with Crippen molar-refractivity contribution in [1.82, 2.24) is 5.32 Å². The van der Waals surface area contributed by atoms with Crippen molar-refractivity contribution in [2.75, 3.05) is 18.4 Å². The van der Waals surface area contributed by atoms with E-state index < -0.39 is 0 Å². The van der Waals surface area contributed by atoms with E-state index in [-0.39, 0.29) is 0 Å². The van der Waals surface area contributed by atoms with Crippen LogP contribution in [0.15, 0.2) is 18.2 Å². The van der Waals surface area contributed by atoms with Crippen molar-refractivity contribution >= 4 is 17.3 Å². The molecule has 1 heterocycles. The first-order chi connectivity index (χ1) is 7.25. The van der Waals surface area contributed by atoms with E-state index in [2.05, 4.69) is 23.6 Å². The number of nitrogens with one attached hydrogen (secondary N) is 2. The minimum absolute atomic E-state index is 0.603. The quantitative estimate of drug-likeness (QED) is 0.808. The predicted molar refractivity (Wildman–Crippen MR) is 65.7 cm³/mol. The summed E-state index contributed by atoms with van der Waals surface area (Å²) in [5.74, 6) is 0. The molecule has 3 heteroatoms. The Kier molecular flexibility index (Phi) is 3.49. The molecule has 1 saturated heterocycles. The molecule has 1 aliphatic rings. The first-order valence-corrected chi connectivity index (χ1v) is 5.87. The first kappa shape index (κ1) is 10.8.